The van der Waals surface area contributed by atoms with Crippen LogP contribution in [0.5, 0.6) is 5.75 Å². The number of hydrogen-bond donors (Lipinski definition) is 0. The van der Waals surface area contributed by atoms with E-state index in [-0.39, 0.29) is 18.7 Å². The van der Waals surface area contributed by atoms with Crippen molar-refractivity contribution in [1.82, 2.24) is 4.90 Å². The van der Waals surface area contributed by atoms with Crippen LogP contribution in [0.4, 0.5) is 16.2 Å². The highest BCUT2D eigenvalue weighted by atomic mass is 16.6. The van der Waals surface area contributed by atoms with E-state index in [9.17, 15) is 29.8 Å². The Morgan fingerprint density at radius 2 is 1.73 bits per heavy atom. The van der Waals surface area contributed by atoms with Gasteiger partial charge in [-0.25, -0.2) is 9.59 Å². The quantitative estimate of drug-likeness (QED) is 0.378. The molecular weight excluding hydrogens is 398 g/mol. The third kappa shape index (κ3) is 4.69. The van der Waals surface area contributed by atoms with Gasteiger partial charge in [-0.05, 0) is 19.4 Å². The summed E-state index contributed by atoms with van der Waals surface area (Å²) in [5, 5.41) is 22.7. The van der Waals surface area contributed by atoms with Crippen LogP contribution in [0, 0.1) is 27.2 Å². The molecule has 30 heavy (non-hydrogen) atoms. The van der Waals surface area contributed by atoms with Crippen LogP contribution < -0.4 is 4.74 Å². The van der Waals surface area contributed by atoms with Gasteiger partial charge in [-0.1, -0.05) is 30.3 Å². The first-order valence-corrected chi connectivity index (χ1v) is 8.76. The zero-order valence-corrected chi connectivity index (χ0v) is 16.5. The van der Waals surface area contributed by atoms with Crippen molar-refractivity contribution < 1.29 is 28.9 Å². The van der Waals surface area contributed by atoms with Crippen LogP contribution in [-0.4, -0.2) is 40.5 Å². The molecule has 2 aromatic rings. The largest absolute Gasteiger partial charge is 0.465 e. The molecule has 158 valence electrons. The number of nitro benzene ring substituents is 2. The molecule has 0 unspecified atom stereocenters. The number of carbonyl (C=O) groups is 2. The van der Waals surface area contributed by atoms with E-state index in [0.29, 0.717) is 6.07 Å². The van der Waals surface area contributed by atoms with Gasteiger partial charge in [0.1, 0.15) is 5.56 Å². The molecule has 2 rings (SSSR count). The SMILES string of the molecule is CCN(Cc1ccccc1)C(=O)Oc1c(C(=O)OC)cc([N+](=O)[O-])c([N+](=O)[O-])c1C. The van der Waals surface area contributed by atoms with Gasteiger partial charge in [0.15, 0.2) is 5.75 Å². The van der Waals surface area contributed by atoms with E-state index in [0.717, 1.165) is 19.6 Å². The third-order valence-electron chi connectivity index (χ3n) is 4.29. The smallest absolute Gasteiger partial charge is 0.415 e. The summed E-state index contributed by atoms with van der Waals surface area (Å²) in [6.07, 6.45) is -0.877. The molecule has 0 fully saturated rings. The second kappa shape index (κ2) is 9.45. The molecule has 0 aliphatic rings. The molecule has 0 bridgehead atoms. The first-order valence-electron chi connectivity index (χ1n) is 8.76. The fraction of sp³-hybridized carbons (Fsp3) is 0.263. The lowest BCUT2D eigenvalue weighted by molar-refractivity contribution is -0.422. The van der Waals surface area contributed by atoms with Gasteiger partial charge in [0.2, 0.25) is 0 Å². The summed E-state index contributed by atoms with van der Waals surface area (Å²) in [6.45, 7) is 3.30. The van der Waals surface area contributed by atoms with Gasteiger partial charge in [0.25, 0.3) is 0 Å². The fourth-order valence-electron chi connectivity index (χ4n) is 2.80. The predicted molar refractivity (Wildman–Crippen MR) is 104 cm³/mol. The Morgan fingerprint density at radius 1 is 1.10 bits per heavy atom. The first-order chi connectivity index (χ1) is 14.2. The second-order valence-electron chi connectivity index (χ2n) is 6.12. The van der Waals surface area contributed by atoms with Crippen LogP contribution in [0.1, 0.15) is 28.4 Å². The average molecular weight is 417 g/mol. The number of hydrogen-bond acceptors (Lipinski definition) is 8. The molecule has 0 atom stereocenters. The zero-order valence-electron chi connectivity index (χ0n) is 16.5. The van der Waals surface area contributed by atoms with Crippen molar-refractivity contribution >= 4 is 23.4 Å². The van der Waals surface area contributed by atoms with Gasteiger partial charge in [0.05, 0.1) is 22.5 Å². The molecule has 0 aromatic heterocycles. The van der Waals surface area contributed by atoms with E-state index in [2.05, 4.69) is 4.74 Å². The molecule has 0 N–H and O–H groups in total. The molecule has 11 heteroatoms. The molecule has 0 spiro atoms. The Balaban J connectivity index is 2.51. The van der Waals surface area contributed by atoms with Gasteiger partial charge in [0, 0.05) is 19.2 Å². The maximum atomic E-state index is 12.7. The highest BCUT2D eigenvalue weighted by molar-refractivity contribution is 5.96. The van der Waals surface area contributed by atoms with E-state index in [1.807, 2.05) is 6.07 Å². The van der Waals surface area contributed by atoms with Gasteiger partial charge in [-0.3, -0.25) is 20.2 Å². The van der Waals surface area contributed by atoms with E-state index in [1.165, 1.54) is 4.90 Å². The van der Waals surface area contributed by atoms with Crippen LogP contribution in [0.15, 0.2) is 36.4 Å². The Bertz CT molecular complexity index is 991. The Kier molecular flexibility index (Phi) is 7.02. The average Bonchev–Trinajstić information content (AvgIpc) is 2.72. The lowest BCUT2D eigenvalue weighted by atomic mass is 10.1. The molecule has 0 aliphatic carbocycles. The first kappa shape index (κ1) is 22.3. The van der Waals surface area contributed by atoms with Crippen molar-refractivity contribution in [2.45, 2.75) is 20.4 Å². The summed E-state index contributed by atoms with van der Waals surface area (Å²) in [7, 11) is 1.03. The van der Waals surface area contributed by atoms with Crippen molar-refractivity contribution in [2.24, 2.45) is 0 Å². The van der Waals surface area contributed by atoms with Crippen molar-refractivity contribution in [3.8, 4) is 5.75 Å². The summed E-state index contributed by atoms with van der Waals surface area (Å²) in [6, 6.07) is 9.70. The van der Waals surface area contributed by atoms with Crippen LogP contribution in [0.2, 0.25) is 0 Å². The molecule has 0 radical (unpaired) electrons. The van der Waals surface area contributed by atoms with E-state index >= 15 is 0 Å². The van der Waals surface area contributed by atoms with Crippen molar-refractivity contribution in [3.63, 3.8) is 0 Å². The molecular formula is C19H19N3O8. The van der Waals surface area contributed by atoms with Crippen molar-refractivity contribution in [3.05, 3.63) is 73.3 Å². The topological polar surface area (TPSA) is 142 Å². The standard InChI is InChI=1S/C19H19N3O8/c1-4-20(11-13-8-6-5-7-9-13)19(24)30-17-12(2)16(22(27)28)15(21(25)26)10-14(17)18(23)29-3/h5-10H,4,11H2,1-3H3. The van der Waals surface area contributed by atoms with Crippen LogP contribution in [0.25, 0.3) is 0 Å². The number of benzene rings is 2. The summed E-state index contributed by atoms with van der Waals surface area (Å²) < 4.78 is 9.90. The third-order valence-corrected chi connectivity index (χ3v) is 4.29. The van der Waals surface area contributed by atoms with Crippen LogP contribution >= 0.6 is 0 Å². The lowest BCUT2D eigenvalue weighted by Crippen LogP contribution is -2.33. The van der Waals surface area contributed by atoms with Crippen molar-refractivity contribution in [2.75, 3.05) is 13.7 Å². The Labute approximate surface area is 171 Å². The number of amides is 1. The molecule has 1 amide bonds. The zero-order chi connectivity index (χ0) is 22.4. The summed E-state index contributed by atoms with van der Waals surface area (Å²) >= 11 is 0. The van der Waals surface area contributed by atoms with E-state index < -0.39 is 44.6 Å². The minimum absolute atomic E-state index is 0.192. The van der Waals surface area contributed by atoms with Crippen molar-refractivity contribution in [1.29, 1.82) is 0 Å². The number of nitro groups is 2. The second-order valence-corrected chi connectivity index (χ2v) is 6.12. The van der Waals surface area contributed by atoms with E-state index in [4.69, 9.17) is 4.74 Å². The summed E-state index contributed by atoms with van der Waals surface area (Å²) in [5.41, 5.74) is -1.76. The van der Waals surface area contributed by atoms with Gasteiger partial charge < -0.3 is 14.4 Å². The van der Waals surface area contributed by atoms with Gasteiger partial charge >= 0.3 is 23.4 Å². The van der Waals surface area contributed by atoms with Gasteiger partial charge in [-0.2, -0.15) is 0 Å². The molecule has 0 aliphatic heterocycles. The molecule has 0 saturated carbocycles. The number of rotatable bonds is 7. The number of carbonyl (C=O) groups excluding carboxylic acids is 2. The highest BCUT2D eigenvalue weighted by Gasteiger charge is 2.35. The number of esters is 1. The van der Waals surface area contributed by atoms with Crippen LogP contribution in [0.3, 0.4) is 0 Å². The molecule has 11 nitrogen and oxygen atoms in total. The molecule has 0 heterocycles. The Hall–Kier alpha value is -4.02. The summed E-state index contributed by atoms with van der Waals surface area (Å²) in [4.78, 5) is 46.9. The van der Waals surface area contributed by atoms with Gasteiger partial charge in [-0.15, -0.1) is 0 Å². The van der Waals surface area contributed by atoms with E-state index in [1.54, 1.807) is 31.2 Å². The fourth-order valence-corrected chi connectivity index (χ4v) is 2.80. The molecule has 0 saturated heterocycles. The monoisotopic (exact) mass is 417 g/mol. The normalized spacial score (nSPS) is 10.2. The molecule has 2 aromatic carbocycles. The maximum absolute atomic E-state index is 12.7. The lowest BCUT2D eigenvalue weighted by Gasteiger charge is -2.21. The minimum Gasteiger partial charge on any atom is -0.465 e. The highest BCUT2D eigenvalue weighted by Crippen LogP contribution is 2.40. The number of nitrogens with zero attached hydrogens (tertiary/aromatic N) is 3. The Morgan fingerprint density at radius 3 is 2.23 bits per heavy atom. The number of methoxy groups -OCH3 is 1. The summed E-state index contributed by atoms with van der Waals surface area (Å²) in [5.74, 6) is -1.50. The predicted octanol–water partition coefficient (Wildman–Crippen LogP) is 3.62. The minimum atomic E-state index is -1.04. The maximum Gasteiger partial charge on any atom is 0.415 e. The van der Waals surface area contributed by atoms with Crippen LogP contribution in [-0.2, 0) is 11.3 Å². The number of ether oxygens (including phenoxy) is 2.